The van der Waals surface area contributed by atoms with Crippen LogP contribution in [0.5, 0.6) is 11.5 Å². The molecule has 0 aliphatic heterocycles. The zero-order valence-electron chi connectivity index (χ0n) is 8.81. The van der Waals surface area contributed by atoms with Crippen LogP contribution in [0.4, 0.5) is 0 Å². The first-order valence-corrected chi connectivity index (χ1v) is 5.01. The summed E-state index contributed by atoms with van der Waals surface area (Å²) >= 11 is 0. The van der Waals surface area contributed by atoms with Crippen molar-refractivity contribution < 1.29 is 14.9 Å². The van der Waals surface area contributed by atoms with Crippen molar-refractivity contribution >= 4 is 0 Å². The average molecular weight is 211 g/mol. The molecule has 0 bridgehead atoms. The van der Waals surface area contributed by atoms with Gasteiger partial charge in [0.2, 0.25) is 0 Å². The van der Waals surface area contributed by atoms with Crippen molar-refractivity contribution in [3.05, 3.63) is 23.8 Å². The van der Waals surface area contributed by atoms with E-state index in [1.54, 1.807) is 18.2 Å². The fourth-order valence-electron chi connectivity index (χ4n) is 1.34. The van der Waals surface area contributed by atoms with Crippen LogP contribution in [0.3, 0.4) is 0 Å². The summed E-state index contributed by atoms with van der Waals surface area (Å²) in [7, 11) is 0. The van der Waals surface area contributed by atoms with Crippen molar-refractivity contribution in [3.8, 4) is 11.5 Å². The smallest absolute Gasteiger partial charge is 0.161 e. The lowest BCUT2D eigenvalue weighted by Gasteiger charge is -2.13. The number of aliphatic hydroxyl groups is 1. The van der Waals surface area contributed by atoms with Crippen LogP contribution in [0, 0.1) is 0 Å². The van der Waals surface area contributed by atoms with Crippen LogP contribution >= 0.6 is 0 Å². The van der Waals surface area contributed by atoms with Crippen molar-refractivity contribution in [3.63, 3.8) is 0 Å². The first kappa shape index (κ1) is 11.8. The molecule has 0 heterocycles. The van der Waals surface area contributed by atoms with Gasteiger partial charge in [0.1, 0.15) is 0 Å². The topological polar surface area (TPSA) is 75.7 Å². The first-order valence-electron chi connectivity index (χ1n) is 5.01. The lowest BCUT2D eigenvalue weighted by Crippen LogP contribution is -2.12. The van der Waals surface area contributed by atoms with Gasteiger partial charge in [-0.15, -0.1) is 0 Å². The van der Waals surface area contributed by atoms with Crippen molar-refractivity contribution in [2.45, 2.75) is 19.4 Å². The molecule has 4 N–H and O–H groups in total. The van der Waals surface area contributed by atoms with E-state index in [2.05, 4.69) is 0 Å². The van der Waals surface area contributed by atoms with Gasteiger partial charge >= 0.3 is 0 Å². The Kier molecular flexibility index (Phi) is 4.39. The van der Waals surface area contributed by atoms with Gasteiger partial charge in [0.05, 0.1) is 6.61 Å². The van der Waals surface area contributed by atoms with Crippen LogP contribution in [0.25, 0.3) is 0 Å². The van der Waals surface area contributed by atoms with E-state index >= 15 is 0 Å². The molecule has 1 atom stereocenters. The predicted octanol–water partition coefficient (Wildman–Crippen LogP) is 1.17. The first-order chi connectivity index (χ1) is 7.19. The summed E-state index contributed by atoms with van der Waals surface area (Å²) in [6, 6.07) is 4.77. The van der Waals surface area contributed by atoms with E-state index in [-0.39, 0.29) is 18.4 Å². The van der Waals surface area contributed by atoms with Crippen LogP contribution in [-0.2, 0) is 0 Å². The van der Waals surface area contributed by atoms with E-state index in [0.29, 0.717) is 18.8 Å². The van der Waals surface area contributed by atoms with Crippen LogP contribution in [0.15, 0.2) is 18.2 Å². The Bertz CT molecular complexity index is 315. The Morgan fingerprint density at radius 2 is 2.20 bits per heavy atom. The molecule has 0 unspecified atom stereocenters. The third kappa shape index (κ3) is 3.11. The third-order valence-corrected chi connectivity index (χ3v) is 2.15. The molecule has 0 fully saturated rings. The molecule has 1 rings (SSSR count). The fourth-order valence-corrected chi connectivity index (χ4v) is 1.34. The van der Waals surface area contributed by atoms with Gasteiger partial charge in [0.25, 0.3) is 0 Å². The highest BCUT2D eigenvalue weighted by Gasteiger charge is 2.09. The number of phenols is 1. The van der Waals surface area contributed by atoms with Gasteiger partial charge in [0.15, 0.2) is 11.5 Å². The Morgan fingerprint density at radius 3 is 2.80 bits per heavy atom. The zero-order valence-corrected chi connectivity index (χ0v) is 8.81. The van der Waals surface area contributed by atoms with Gasteiger partial charge in [0, 0.05) is 12.6 Å². The molecule has 1 aromatic carbocycles. The number of hydrogen-bond acceptors (Lipinski definition) is 4. The van der Waals surface area contributed by atoms with Gasteiger partial charge in [-0.25, -0.2) is 0 Å². The van der Waals surface area contributed by atoms with Gasteiger partial charge in [-0.2, -0.15) is 0 Å². The maximum absolute atomic E-state index is 9.46. The summed E-state index contributed by atoms with van der Waals surface area (Å²) in [6.45, 7) is 2.39. The molecular formula is C11H17NO3. The third-order valence-electron chi connectivity index (χ3n) is 2.15. The quantitative estimate of drug-likeness (QED) is 0.683. The summed E-state index contributed by atoms with van der Waals surface area (Å²) in [5, 5.41) is 18.2. The second-order valence-electron chi connectivity index (χ2n) is 3.28. The fraction of sp³-hybridized carbons (Fsp3) is 0.455. The Hall–Kier alpha value is -1.26. The molecule has 4 nitrogen and oxygen atoms in total. The minimum absolute atomic E-state index is 0.0476. The Morgan fingerprint density at radius 1 is 1.47 bits per heavy atom. The normalized spacial score (nSPS) is 12.5. The SMILES string of the molecule is CCOc1cc([C@@H](N)CCO)ccc1O. The molecule has 0 aliphatic carbocycles. The molecule has 4 heteroatoms. The molecule has 0 aromatic heterocycles. The number of nitrogens with two attached hydrogens (primary N) is 1. The molecular weight excluding hydrogens is 194 g/mol. The van der Waals surface area contributed by atoms with E-state index in [1.165, 1.54) is 0 Å². The number of aliphatic hydroxyl groups excluding tert-OH is 1. The lowest BCUT2D eigenvalue weighted by molar-refractivity contribution is 0.276. The number of hydrogen-bond donors (Lipinski definition) is 3. The molecule has 0 saturated carbocycles. The second kappa shape index (κ2) is 5.58. The lowest BCUT2D eigenvalue weighted by atomic mass is 10.0. The standard InChI is InChI=1S/C11H17NO3/c1-2-15-11-7-8(3-4-10(11)14)9(12)5-6-13/h3-4,7,9,13-14H,2,5-6,12H2,1H3/t9-/m0/s1. The number of benzene rings is 1. The summed E-state index contributed by atoms with van der Waals surface area (Å²) in [5.74, 6) is 0.542. The van der Waals surface area contributed by atoms with E-state index in [1.807, 2.05) is 6.92 Å². The zero-order chi connectivity index (χ0) is 11.3. The molecule has 0 aliphatic rings. The second-order valence-corrected chi connectivity index (χ2v) is 3.28. The highest BCUT2D eigenvalue weighted by molar-refractivity contribution is 5.42. The van der Waals surface area contributed by atoms with Gasteiger partial charge in [-0.3, -0.25) is 0 Å². The Labute approximate surface area is 89.3 Å². The van der Waals surface area contributed by atoms with Crippen LogP contribution in [0.2, 0.25) is 0 Å². The van der Waals surface area contributed by atoms with Crippen LogP contribution < -0.4 is 10.5 Å². The highest BCUT2D eigenvalue weighted by atomic mass is 16.5. The summed E-state index contributed by atoms with van der Waals surface area (Å²) in [4.78, 5) is 0. The number of rotatable bonds is 5. The summed E-state index contributed by atoms with van der Waals surface area (Å²) in [5.41, 5.74) is 6.68. The van der Waals surface area contributed by atoms with Gasteiger partial charge < -0.3 is 20.7 Å². The largest absolute Gasteiger partial charge is 0.504 e. The summed E-state index contributed by atoms with van der Waals surface area (Å²) < 4.78 is 5.24. The number of aromatic hydroxyl groups is 1. The molecule has 0 amide bonds. The highest BCUT2D eigenvalue weighted by Crippen LogP contribution is 2.29. The molecule has 15 heavy (non-hydrogen) atoms. The number of phenolic OH excluding ortho intramolecular Hbond substituents is 1. The van der Waals surface area contributed by atoms with E-state index in [4.69, 9.17) is 15.6 Å². The number of ether oxygens (including phenoxy) is 1. The van der Waals surface area contributed by atoms with E-state index in [0.717, 1.165) is 5.56 Å². The van der Waals surface area contributed by atoms with Gasteiger partial charge in [-0.1, -0.05) is 6.07 Å². The van der Waals surface area contributed by atoms with E-state index in [9.17, 15) is 5.11 Å². The van der Waals surface area contributed by atoms with E-state index < -0.39 is 0 Å². The minimum Gasteiger partial charge on any atom is -0.504 e. The maximum atomic E-state index is 9.46. The average Bonchev–Trinajstić information content (AvgIpc) is 2.22. The van der Waals surface area contributed by atoms with Crippen molar-refractivity contribution in [2.75, 3.05) is 13.2 Å². The predicted molar refractivity (Wildman–Crippen MR) is 57.9 cm³/mol. The van der Waals surface area contributed by atoms with Crippen LogP contribution in [0.1, 0.15) is 24.9 Å². The van der Waals surface area contributed by atoms with Crippen LogP contribution in [-0.4, -0.2) is 23.4 Å². The molecule has 1 aromatic rings. The van der Waals surface area contributed by atoms with Crippen molar-refractivity contribution in [1.82, 2.24) is 0 Å². The minimum atomic E-state index is -0.227. The van der Waals surface area contributed by atoms with Gasteiger partial charge in [-0.05, 0) is 31.0 Å². The molecule has 0 radical (unpaired) electrons. The summed E-state index contributed by atoms with van der Waals surface area (Å²) in [6.07, 6.45) is 0.496. The maximum Gasteiger partial charge on any atom is 0.161 e. The molecule has 0 saturated heterocycles. The van der Waals surface area contributed by atoms with Crippen molar-refractivity contribution in [1.29, 1.82) is 0 Å². The molecule has 0 spiro atoms. The van der Waals surface area contributed by atoms with Crippen molar-refractivity contribution in [2.24, 2.45) is 5.73 Å². The monoisotopic (exact) mass is 211 g/mol. The Balaban J connectivity index is 2.86. The molecule has 84 valence electrons.